The molecule has 206 valence electrons. The Hall–Kier alpha value is -3.68. The van der Waals surface area contributed by atoms with Gasteiger partial charge in [-0.1, -0.05) is 12.1 Å². The number of imidazole rings is 1. The molecule has 3 heterocycles. The van der Waals surface area contributed by atoms with Gasteiger partial charge in [-0.15, -0.1) is 0 Å². The maximum Gasteiger partial charge on any atom is 0.410 e. The largest absolute Gasteiger partial charge is 0.444 e. The van der Waals surface area contributed by atoms with Crippen molar-refractivity contribution >= 4 is 23.1 Å². The molecule has 2 aliphatic rings. The molecular weight excluding hydrogens is 495 g/mol. The molecule has 5 rings (SSSR count). The molecule has 3 aromatic rings. The number of hydrogen-bond acceptors (Lipinski definition) is 4. The Bertz CT molecular complexity index is 1460. The molecule has 1 fully saturated rings. The predicted molar refractivity (Wildman–Crippen MR) is 150 cm³/mol. The van der Waals surface area contributed by atoms with E-state index >= 15 is 0 Å². The van der Waals surface area contributed by atoms with Crippen LogP contribution >= 0.6 is 0 Å². The number of ether oxygens (including phenoxy) is 1. The van der Waals surface area contributed by atoms with Gasteiger partial charge in [0.05, 0.1) is 17.3 Å². The zero-order valence-corrected chi connectivity index (χ0v) is 23.6. The van der Waals surface area contributed by atoms with Crippen molar-refractivity contribution in [3.05, 3.63) is 65.5 Å². The van der Waals surface area contributed by atoms with E-state index in [1.165, 1.54) is 12.1 Å². The Kier molecular flexibility index (Phi) is 6.99. The minimum Gasteiger partial charge on any atom is -0.444 e. The number of carbonyl (C=O) groups is 2. The molecule has 0 N–H and O–H groups in total. The number of hydrogen-bond donors (Lipinski definition) is 0. The Balaban J connectivity index is 1.61. The van der Waals surface area contributed by atoms with Crippen LogP contribution in [-0.4, -0.2) is 62.5 Å². The van der Waals surface area contributed by atoms with Crippen LogP contribution in [-0.2, 0) is 4.74 Å². The van der Waals surface area contributed by atoms with E-state index in [1.807, 2.05) is 59.9 Å². The highest BCUT2D eigenvalue weighted by Crippen LogP contribution is 2.41. The quantitative estimate of drug-likeness (QED) is 0.362. The van der Waals surface area contributed by atoms with Gasteiger partial charge in [0.25, 0.3) is 5.91 Å². The van der Waals surface area contributed by atoms with E-state index in [0.717, 1.165) is 40.9 Å². The standard InChI is InChI=1S/C31H37FN4O3/c1-7-35(19(2)3)29(37)26-15-23(32)10-11-24(26)25-14-22(18-36-27(25)16-33-28(36)20-8-9-20)21-12-13-34(17-21)30(38)39-31(4,5)6/h10-12,14-16,18-20H,7-9,13,17H2,1-6H3. The molecule has 39 heavy (non-hydrogen) atoms. The summed E-state index contributed by atoms with van der Waals surface area (Å²) >= 11 is 0. The lowest BCUT2D eigenvalue weighted by atomic mass is 9.95. The third-order valence-corrected chi connectivity index (χ3v) is 7.28. The molecular formula is C31H37FN4O3. The minimum atomic E-state index is -0.574. The molecule has 0 radical (unpaired) electrons. The van der Waals surface area contributed by atoms with Crippen LogP contribution in [0.25, 0.3) is 22.2 Å². The summed E-state index contributed by atoms with van der Waals surface area (Å²) in [6, 6.07) is 6.44. The summed E-state index contributed by atoms with van der Waals surface area (Å²) in [5, 5.41) is 0. The molecule has 1 saturated carbocycles. The van der Waals surface area contributed by atoms with Crippen LogP contribution in [0.2, 0.25) is 0 Å². The Labute approximate surface area is 229 Å². The van der Waals surface area contributed by atoms with E-state index in [-0.39, 0.29) is 18.0 Å². The van der Waals surface area contributed by atoms with Crippen molar-refractivity contribution in [2.24, 2.45) is 0 Å². The fourth-order valence-electron chi connectivity index (χ4n) is 5.21. The first-order chi connectivity index (χ1) is 18.5. The first-order valence-electron chi connectivity index (χ1n) is 13.8. The van der Waals surface area contributed by atoms with Gasteiger partial charge >= 0.3 is 6.09 Å². The second-order valence-electron chi connectivity index (χ2n) is 11.8. The number of fused-ring (bicyclic) bond motifs is 1. The number of carbonyl (C=O) groups excluding carboxylic acids is 2. The highest BCUT2D eigenvalue weighted by molar-refractivity contribution is 6.03. The lowest BCUT2D eigenvalue weighted by molar-refractivity contribution is 0.0306. The first kappa shape index (κ1) is 26.9. The second kappa shape index (κ2) is 10.1. The van der Waals surface area contributed by atoms with Gasteiger partial charge in [-0.05, 0) is 89.3 Å². The number of rotatable bonds is 6. The average Bonchev–Trinajstić information content (AvgIpc) is 3.41. The fraction of sp³-hybridized carbons (Fsp3) is 0.452. The van der Waals surface area contributed by atoms with Crippen molar-refractivity contribution in [2.45, 2.75) is 71.9 Å². The molecule has 0 atom stereocenters. The lowest BCUT2D eigenvalue weighted by Gasteiger charge is -2.26. The highest BCUT2D eigenvalue weighted by atomic mass is 19.1. The van der Waals surface area contributed by atoms with E-state index in [2.05, 4.69) is 10.6 Å². The Morgan fingerprint density at radius 2 is 1.92 bits per heavy atom. The highest BCUT2D eigenvalue weighted by Gasteiger charge is 2.31. The van der Waals surface area contributed by atoms with E-state index in [0.29, 0.717) is 36.7 Å². The Morgan fingerprint density at radius 1 is 1.18 bits per heavy atom. The van der Waals surface area contributed by atoms with Crippen molar-refractivity contribution < 1.29 is 18.7 Å². The molecule has 0 spiro atoms. The SMILES string of the molecule is CCN(C(=O)c1cc(F)ccc1-c1cc(C2=CCN(C(=O)OC(C)(C)C)C2)cn2c(C3CC3)ncc12)C(C)C. The first-order valence-corrected chi connectivity index (χ1v) is 13.8. The van der Waals surface area contributed by atoms with Gasteiger partial charge in [0.15, 0.2) is 0 Å². The number of amides is 2. The molecule has 2 amide bonds. The van der Waals surface area contributed by atoms with Crippen molar-refractivity contribution in [3.63, 3.8) is 0 Å². The summed E-state index contributed by atoms with van der Waals surface area (Å²) < 4.78 is 22.2. The molecule has 0 unspecified atom stereocenters. The van der Waals surface area contributed by atoms with E-state index in [9.17, 15) is 14.0 Å². The van der Waals surface area contributed by atoms with Crippen molar-refractivity contribution in [1.82, 2.24) is 19.2 Å². The summed E-state index contributed by atoms with van der Waals surface area (Å²) in [7, 11) is 0. The van der Waals surface area contributed by atoms with Crippen molar-refractivity contribution in [2.75, 3.05) is 19.6 Å². The third kappa shape index (κ3) is 5.42. The van der Waals surface area contributed by atoms with Gasteiger partial charge in [-0.25, -0.2) is 14.2 Å². The number of aromatic nitrogens is 2. The molecule has 2 aromatic heterocycles. The maximum absolute atomic E-state index is 14.5. The maximum atomic E-state index is 14.5. The number of nitrogens with zero attached hydrogens (tertiary/aromatic N) is 4. The average molecular weight is 533 g/mol. The molecule has 0 saturated heterocycles. The zero-order chi connectivity index (χ0) is 28.1. The van der Waals surface area contributed by atoms with Gasteiger partial charge in [0.2, 0.25) is 0 Å². The summed E-state index contributed by atoms with van der Waals surface area (Å²) in [5.74, 6) is 0.733. The topological polar surface area (TPSA) is 67.2 Å². The summed E-state index contributed by atoms with van der Waals surface area (Å²) in [6.45, 7) is 12.8. The normalized spacial score (nSPS) is 15.7. The molecule has 0 bridgehead atoms. The second-order valence-corrected chi connectivity index (χ2v) is 11.8. The molecule has 8 heteroatoms. The lowest BCUT2D eigenvalue weighted by Crippen LogP contribution is -2.37. The van der Waals surface area contributed by atoms with Gasteiger partial charge in [-0.2, -0.15) is 0 Å². The molecule has 1 aliphatic carbocycles. The van der Waals surface area contributed by atoms with E-state index in [4.69, 9.17) is 9.72 Å². The minimum absolute atomic E-state index is 0.0242. The molecule has 1 aromatic carbocycles. The van der Waals surface area contributed by atoms with Gasteiger partial charge < -0.3 is 18.9 Å². The number of pyridine rings is 1. The van der Waals surface area contributed by atoms with Crippen LogP contribution < -0.4 is 0 Å². The van der Waals surface area contributed by atoms with Crippen LogP contribution in [0.1, 0.15) is 82.0 Å². The van der Waals surface area contributed by atoms with Gasteiger partial charge in [-0.3, -0.25) is 4.79 Å². The molecule has 1 aliphatic heterocycles. The van der Waals surface area contributed by atoms with Crippen LogP contribution in [0.4, 0.5) is 9.18 Å². The van der Waals surface area contributed by atoms with Gasteiger partial charge in [0.1, 0.15) is 17.2 Å². The van der Waals surface area contributed by atoms with Crippen LogP contribution in [0, 0.1) is 5.82 Å². The summed E-state index contributed by atoms with van der Waals surface area (Å²) in [6.07, 6.45) is 7.79. The van der Waals surface area contributed by atoms with Crippen LogP contribution in [0.3, 0.4) is 0 Å². The summed E-state index contributed by atoms with van der Waals surface area (Å²) in [5.41, 5.74) is 4.03. The van der Waals surface area contributed by atoms with Crippen LogP contribution in [0.15, 0.2) is 42.7 Å². The van der Waals surface area contributed by atoms with Gasteiger partial charge in [0, 0.05) is 43.4 Å². The fourth-order valence-corrected chi connectivity index (χ4v) is 5.21. The van der Waals surface area contributed by atoms with Crippen molar-refractivity contribution in [1.29, 1.82) is 0 Å². The van der Waals surface area contributed by atoms with Crippen molar-refractivity contribution in [3.8, 4) is 11.1 Å². The smallest absolute Gasteiger partial charge is 0.410 e. The monoisotopic (exact) mass is 532 g/mol. The molecule has 7 nitrogen and oxygen atoms in total. The van der Waals surface area contributed by atoms with Crippen LogP contribution in [0.5, 0.6) is 0 Å². The Morgan fingerprint density at radius 3 is 2.56 bits per heavy atom. The summed E-state index contributed by atoms with van der Waals surface area (Å²) in [4.78, 5) is 34.6. The van der Waals surface area contributed by atoms with E-state index in [1.54, 1.807) is 15.9 Å². The van der Waals surface area contributed by atoms with E-state index < -0.39 is 11.4 Å². The zero-order valence-electron chi connectivity index (χ0n) is 23.6. The third-order valence-electron chi connectivity index (χ3n) is 7.28. The number of benzene rings is 1. The predicted octanol–water partition coefficient (Wildman–Crippen LogP) is 6.52. The number of halogens is 1.